The van der Waals surface area contributed by atoms with Gasteiger partial charge in [0.2, 0.25) is 0 Å². The minimum atomic E-state index is -0.272. The van der Waals surface area contributed by atoms with Crippen LogP contribution in [0.4, 0.5) is 5.69 Å². The zero-order valence-electron chi connectivity index (χ0n) is 14.6. The lowest BCUT2D eigenvalue weighted by molar-refractivity contribution is -0.120. The van der Waals surface area contributed by atoms with Crippen molar-refractivity contribution in [3.8, 4) is 11.5 Å². The lowest BCUT2D eigenvalue weighted by atomic mass is 10.2. The smallest absolute Gasteiger partial charge is 0.265 e. The molecule has 0 radical (unpaired) electrons. The molecule has 1 N–H and O–H groups in total. The SMILES string of the molecule is CCOc1cc(/C=N/OCC(=O)Nc2ccc(C)cc2)ccc1OC. The second-order valence-corrected chi connectivity index (χ2v) is 5.27. The van der Waals surface area contributed by atoms with Gasteiger partial charge in [-0.2, -0.15) is 0 Å². The van der Waals surface area contributed by atoms with E-state index in [1.54, 1.807) is 19.2 Å². The fraction of sp³-hybridized carbons (Fsp3) is 0.263. The van der Waals surface area contributed by atoms with Crippen molar-refractivity contribution < 1.29 is 19.1 Å². The van der Waals surface area contributed by atoms with E-state index in [2.05, 4.69) is 10.5 Å². The van der Waals surface area contributed by atoms with Gasteiger partial charge in [-0.1, -0.05) is 22.9 Å². The molecule has 6 nitrogen and oxygen atoms in total. The van der Waals surface area contributed by atoms with E-state index < -0.39 is 0 Å². The number of anilines is 1. The highest BCUT2D eigenvalue weighted by Gasteiger charge is 2.05. The maximum atomic E-state index is 11.8. The second-order valence-electron chi connectivity index (χ2n) is 5.27. The Kier molecular flexibility index (Phi) is 6.83. The molecule has 2 rings (SSSR count). The number of hydrogen-bond donors (Lipinski definition) is 1. The van der Waals surface area contributed by atoms with E-state index in [0.29, 0.717) is 18.1 Å². The first-order chi connectivity index (χ1) is 12.1. The highest BCUT2D eigenvalue weighted by atomic mass is 16.6. The van der Waals surface area contributed by atoms with Gasteiger partial charge in [0.1, 0.15) is 0 Å². The minimum absolute atomic E-state index is 0.168. The third-order valence-corrected chi connectivity index (χ3v) is 3.29. The Balaban J connectivity index is 1.85. The molecule has 25 heavy (non-hydrogen) atoms. The van der Waals surface area contributed by atoms with Crippen molar-refractivity contribution >= 4 is 17.8 Å². The highest BCUT2D eigenvalue weighted by molar-refractivity contribution is 5.91. The predicted molar refractivity (Wildman–Crippen MR) is 97.5 cm³/mol. The number of aryl methyl sites for hydroxylation is 1. The Labute approximate surface area is 147 Å². The zero-order chi connectivity index (χ0) is 18.1. The van der Waals surface area contributed by atoms with Gasteiger partial charge in [0.25, 0.3) is 5.91 Å². The molecule has 0 unspecified atom stereocenters. The zero-order valence-corrected chi connectivity index (χ0v) is 14.6. The Morgan fingerprint density at radius 3 is 2.60 bits per heavy atom. The van der Waals surface area contributed by atoms with Gasteiger partial charge in [-0.3, -0.25) is 4.79 Å². The summed E-state index contributed by atoms with van der Waals surface area (Å²) >= 11 is 0. The number of nitrogens with zero attached hydrogens (tertiary/aromatic N) is 1. The first-order valence-corrected chi connectivity index (χ1v) is 7.95. The van der Waals surface area contributed by atoms with Gasteiger partial charge in [0, 0.05) is 11.3 Å². The van der Waals surface area contributed by atoms with Crippen molar-refractivity contribution in [2.45, 2.75) is 13.8 Å². The van der Waals surface area contributed by atoms with E-state index in [9.17, 15) is 4.79 Å². The standard InChI is InChI=1S/C19H22N2O4/c1-4-24-18-11-15(7-10-17(18)23-3)12-20-25-13-19(22)21-16-8-5-14(2)6-9-16/h5-12H,4,13H2,1-3H3,(H,21,22)/b20-12+. The van der Waals surface area contributed by atoms with E-state index in [0.717, 1.165) is 16.8 Å². The van der Waals surface area contributed by atoms with Crippen molar-refractivity contribution in [1.82, 2.24) is 0 Å². The maximum absolute atomic E-state index is 11.8. The molecule has 0 aliphatic carbocycles. The Bertz CT molecular complexity index is 727. The molecule has 0 heterocycles. The van der Waals surface area contributed by atoms with Crippen LogP contribution in [-0.4, -0.2) is 32.4 Å². The Morgan fingerprint density at radius 2 is 1.92 bits per heavy atom. The minimum Gasteiger partial charge on any atom is -0.493 e. The average molecular weight is 342 g/mol. The molecule has 0 saturated carbocycles. The van der Waals surface area contributed by atoms with Crippen LogP contribution in [0.2, 0.25) is 0 Å². The molecule has 0 aliphatic rings. The average Bonchev–Trinajstić information content (AvgIpc) is 2.61. The van der Waals surface area contributed by atoms with Crippen LogP contribution in [0.1, 0.15) is 18.1 Å². The molecule has 132 valence electrons. The Morgan fingerprint density at radius 1 is 1.16 bits per heavy atom. The lowest BCUT2D eigenvalue weighted by Crippen LogP contribution is -2.16. The van der Waals surface area contributed by atoms with Crippen molar-refractivity contribution in [1.29, 1.82) is 0 Å². The summed E-state index contributed by atoms with van der Waals surface area (Å²) in [7, 11) is 1.58. The molecule has 0 aromatic heterocycles. The van der Waals surface area contributed by atoms with Crippen molar-refractivity contribution in [3.63, 3.8) is 0 Å². The second kappa shape index (κ2) is 9.32. The van der Waals surface area contributed by atoms with Gasteiger partial charge in [0.05, 0.1) is 19.9 Å². The normalized spacial score (nSPS) is 10.5. The maximum Gasteiger partial charge on any atom is 0.265 e. The molecule has 0 aliphatic heterocycles. The van der Waals surface area contributed by atoms with Gasteiger partial charge in [-0.15, -0.1) is 0 Å². The monoisotopic (exact) mass is 342 g/mol. The number of oxime groups is 1. The summed E-state index contributed by atoms with van der Waals surface area (Å²) in [5.41, 5.74) is 2.63. The van der Waals surface area contributed by atoms with Crippen molar-refractivity contribution in [3.05, 3.63) is 53.6 Å². The van der Waals surface area contributed by atoms with Crippen LogP contribution in [0, 0.1) is 6.92 Å². The van der Waals surface area contributed by atoms with E-state index >= 15 is 0 Å². The summed E-state index contributed by atoms with van der Waals surface area (Å²) in [6, 6.07) is 12.9. The first-order valence-electron chi connectivity index (χ1n) is 7.95. The fourth-order valence-corrected chi connectivity index (χ4v) is 2.07. The number of carbonyl (C=O) groups is 1. The van der Waals surface area contributed by atoms with E-state index in [-0.39, 0.29) is 12.5 Å². The highest BCUT2D eigenvalue weighted by Crippen LogP contribution is 2.27. The molecule has 2 aromatic rings. The largest absolute Gasteiger partial charge is 0.493 e. The summed E-state index contributed by atoms with van der Waals surface area (Å²) in [5.74, 6) is 1.01. The number of rotatable bonds is 8. The van der Waals surface area contributed by atoms with Crippen LogP contribution >= 0.6 is 0 Å². The number of benzene rings is 2. The van der Waals surface area contributed by atoms with Crippen molar-refractivity contribution in [2.24, 2.45) is 5.16 Å². The molecule has 0 fully saturated rings. The summed E-state index contributed by atoms with van der Waals surface area (Å²) in [6.07, 6.45) is 1.51. The quantitative estimate of drug-likeness (QED) is 0.590. The molecule has 1 amide bonds. The first kappa shape index (κ1) is 18.3. The number of ether oxygens (including phenoxy) is 2. The summed E-state index contributed by atoms with van der Waals surface area (Å²) in [6.45, 7) is 4.25. The topological polar surface area (TPSA) is 69.2 Å². The number of hydrogen-bond acceptors (Lipinski definition) is 5. The number of methoxy groups -OCH3 is 1. The molecule has 0 saturated heterocycles. The van der Waals surface area contributed by atoms with Gasteiger partial charge >= 0.3 is 0 Å². The molecule has 0 spiro atoms. The van der Waals surface area contributed by atoms with Crippen LogP contribution in [-0.2, 0) is 9.63 Å². The van der Waals surface area contributed by atoms with Gasteiger partial charge < -0.3 is 19.6 Å². The van der Waals surface area contributed by atoms with Gasteiger partial charge in [-0.05, 0) is 44.2 Å². The lowest BCUT2D eigenvalue weighted by Gasteiger charge is -2.09. The number of nitrogens with one attached hydrogen (secondary N) is 1. The van der Waals surface area contributed by atoms with E-state index in [4.69, 9.17) is 14.3 Å². The third-order valence-electron chi connectivity index (χ3n) is 3.29. The van der Waals surface area contributed by atoms with Crippen LogP contribution in [0.25, 0.3) is 0 Å². The molecule has 2 aromatic carbocycles. The summed E-state index contributed by atoms with van der Waals surface area (Å²) < 4.78 is 10.7. The van der Waals surface area contributed by atoms with Crippen LogP contribution < -0.4 is 14.8 Å². The predicted octanol–water partition coefficient (Wildman–Crippen LogP) is 3.39. The molecule has 0 bridgehead atoms. The molecule has 6 heteroatoms. The Hall–Kier alpha value is -3.02. The number of amides is 1. The molecular formula is C19H22N2O4. The van der Waals surface area contributed by atoms with Crippen LogP contribution in [0.15, 0.2) is 47.6 Å². The van der Waals surface area contributed by atoms with Gasteiger partial charge in [0.15, 0.2) is 18.1 Å². The molecular weight excluding hydrogens is 320 g/mol. The third kappa shape index (κ3) is 5.84. The van der Waals surface area contributed by atoms with Crippen LogP contribution in [0.3, 0.4) is 0 Å². The van der Waals surface area contributed by atoms with E-state index in [1.165, 1.54) is 6.21 Å². The summed E-state index contributed by atoms with van der Waals surface area (Å²) in [4.78, 5) is 16.8. The fourth-order valence-electron chi connectivity index (χ4n) is 2.07. The van der Waals surface area contributed by atoms with Crippen LogP contribution in [0.5, 0.6) is 11.5 Å². The number of carbonyl (C=O) groups excluding carboxylic acids is 1. The van der Waals surface area contributed by atoms with Crippen molar-refractivity contribution in [2.75, 3.05) is 25.6 Å². The summed E-state index contributed by atoms with van der Waals surface area (Å²) in [5, 5.41) is 6.55. The van der Waals surface area contributed by atoms with E-state index in [1.807, 2.05) is 44.2 Å². The van der Waals surface area contributed by atoms with Gasteiger partial charge in [-0.25, -0.2) is 0 Å². The molecule has 0 atom stereocenters.